The highest BCUT2D eigenvalue weighted by molar-refractivity contribution is 7.17. The first-order valence-electron chi connectivity index (χ1n) is 8.02. The normalized spacial score (nSPS) is 17.1. The summed E-state index contributed by atoms with van der Waals surface area (Å²) < 4.78 is 2.51. The van der Waals surface area contributed by atoms with E-state index in [0.717, 1.165) is 6.42 Å². The smallest absolute Gasteiger partial charge is 0.194 e. The van der Waals surface area contributed by atoms with E-state index in [1.807, 2.05) is 11.3 Å². The summed E-state index contributed by atoms with van der Waals surface area (Å²) in [6.45, 7) is 0. The maximum Gasteiger partial charge on any atom is 0.194 e. The van der Waals surface area contributed by atoms with Crippen LogP contribution in [0.4, 0.5) is 0 Å². The summed E-state index contributed by atoms with van der Waals surface area (Å²) in [6, 6.07) is 8.83. The molecule has 0 N–H and O–H groups in total. The number of imidazole rings is 1. The number of nitrogens with zero attached hydrogens (tertiary/aromatic N) is 2. The molecule has 0 saturated carbocycles. The molecule has 2 heterocycles. The molecule has 5 rings (SSSR count). The molecule has 3 heteroatoms. The van der Waals surface area contributed by atoms with Crippen LogP contribution in [0, 0.1) is 0 Å². The highest BCUT2D eigenvalue weighted by Gasteiger charge is 2.25. The Bertz CT molecular complexity index is 840. The van der Waals surface area contributed by atoms with Gasteiger partial charge >= 0.3 is 0 Å². The molecule has 2 aliphatic rings. The minimum atomic E-state index is 1.16. The fourth-order valence-electron chi connectivity index (χ4n) is 3.96. The van der Waals surface area contributed by atoms with E-state index in [9.17, 15) is 0 Å². The highest BCUT2D eigenvalue weighted by atomic mass is 32.1. The Kier molecular flexibility index (Phi) is 2.53. The fraction of sp³-hybridized carbons (Fsp3) is 0.389. The van der Waals surface area contributed by atoms with Crippen LogP contribution in [0.25, 0.3) is 16.2 Å². The van der Waals surface area contributed by atoms with E-state index in [1.54, 1.807) is 10.6 Å². The fourth-order valence-corrected chi connectivity index (χ4v) is 5.18. The minimum Gasteiger partial charge on any atom is -0.291 e. The maximum atomic E-state index is 5.04. The van der Waals surface area contributed by atoms with Crippen molar-refractivity contribution in [2.24, 2.45) is 0 Å². The highest BCUT2D eigenvalue weighted by Crippen LogP contribution is 2.38. The van der Waals surface area contributed by atoms with Crippen LogP contribution in [0.3, 0.4) is 0 Å². The number of thiazole rings is 1. The third-order valence-electron chi connectivity index (χ3n) is 4.95. The van der Waals surface area contributed by atoms with Crippen molar-refractivity contribution in [3.8, 4) is 11.3 Å². The Labute approximate surface area is 128 Å². The van der Waals surface area contributed by atoms with Crippen molar-refractivity contribution in [1.82, 2.24) is 9.38 Å². The number of benzene rings is 1. The van der Waals surface area contributed by atoms with Gasteiger partial charge in [0.2, 0.25) is 0 Å². The molecule has 0 unspecified atom stereocenters. The van der Waals surface area contributed by atoms with Gasteiger partial charge < -0.3 is 0 Å². The van der Waals surface area contributed by atoms with Gasteiger partial charge in [-0.2, -0.15) is 0 Å². The van der Waals surface area contributed by atoms with Gasteiger partial charge in [-0.15, -0.1) is 11.3 Å². The van der Waals surface area contributed by atoms with Crippen LogP contribution in [-0.2, 0) is 25.7 Å². The molecule has 0 spiro atoms. The van der Waals surface area contributed by atoms with Crippen molar-refractivity contribution >= 4 is 16.3 Å². The monoisotopic (exact) mass is 294 g/mol. The van der Waals surface area contributed by atoms with Gasteiger partial charge in [0.15, 0.2) is 4.96 Å². The Morgan fingerprint density at radius 1 is 0.905 bits per heavy atom. The lowest BCUT2D eigenvalue weighted by Crippen LogP contribution is -2.05. The van der Waals surface area contributed by atoms with Crippen LogP contribution in [0.15, 0.2) is 24.3 Å². The molecule has 0 bridgehead atoms. The number of rotatable bonds is 0. The second kappa shape index (κ2) is 4.44. The minimum absolute atomic E-state index is 1.16. The number of fused-ring (bicyclic) bond motifs is 7. The van der Waals surface area contributed by atoms with E-state index in [2.05, 4.69) is 28.7 Å². The number of aromatic nitrogens is 2. The van der Waals surface area contributed by atoms with Crippen LogP contribution in [0.2, 0.25) is 0 Å². The van der Waals surface area contributed by atoms with Crippen molar-refractivity contribution in [2.45, 2.75) is 44.9 Å². The maximum absolute atomic E-state index is 5.04. The molecule has 1 aromatic carbocycles. The zero-order valence-corrected chi connectivity index (χ0v) is 12.9. The predicted molar refractivity (Wildman–Crippen MR) is 87.2 cm³/mol. The van der Waals surface area contributed by atoms with Gasteiger partial charge in [0.25, 0.3) is 0 Å². The summed E-state index contributed by atoms with van der Waals surface area (Å²) in [5, 5.41) is 0. The molecule has 2 aliphatic carbocycles. The average Bonchev–Trinajstić information content (AvgIpc) is 2.99. The van der Waals surface area contributed by atoms with Gasteiger partial charge in [0, 0.05) is 16.1 Å². The van der Waals surface area contributed by atoms with E-state index >= 15 is 0 Å². The number of aryl methyl sites for hydroxylation is 4. The summed E-state index contributed by atoms with van der Waals surface area (Å²) in [5.41, 5.74) is 7.12. The van der Waals surface area contributed by atoms with Crippen LogP contribution < -0.4 is 0 Å². The van der Waals surface area contributed by atoms with Crippen molar-refractivity contribution in [2.75, 3.05) is 0 Å². The van der Waals surface area contributed by atoms with Gasteiger partial charge in [-0.05, 0) is 50.5 Å². The van der Waals surface area contributed by atoms with Crippen molar-refractivity contribution < 1.29 is 0 Å². The molecule has 0 saturated heterocycles. The largest absolute Gasteiger partial charge is 0.291 e. The first kappa shape index (κ1) is 12.0. The topological polar surface area (TPSA) is 17.3 Å². The lowest BCUT2D eigenvalue weighted by atomic mass is 10.0. The first-order valence-corrected chi connectivity index (χ1v) is 8.83. The van der Waals surface area contributed by atoms with E-state index in [0.29, 0.717) is 0 Å². The van der Waals surface area contributed by atoms with Crippen LogP contribution >= 0.6 is 11.3 Å². The predicted octanol–water partition coefficient (Wildman–Crippen LogP) is 4.43. The summed E-state index contributed by atoms with van der Waals surface area (Å²) in [5.74, 6) is 0. The Balaban J connectivity index is 1.82. The summed E-state index contributed by atoms with van der Waals surface area (Å²) in [4.78, 5) is 7.85. The number of hydrogen-bond donors (Lipinski definition) is 0. The van der Waals surface area contributed by atoms with E-state index < -0.39 is 0 Å². The molecule has 0 atom stereocenters. The second-order valence-electron chi connectivity index (χ2n) is 6.21. The van der Waals surface area contributed by atoms with E-state index in [1.165, 1.54) is 66.0 Å². The Morgan fingerprint density at radius 3 is 2.76 bits per heavy atom. The molecule has 106 valence electrons. The lowest BCUT2D eigenvalue weighted by Gasteiger charge is -2.12. The Hall–Kier alpha value is -1.61. The molecule has 0 amide bonds. The second-order valence-corrected chi connectivity index (χ2v) is 7.28. The van der Waals surface area contributed by atoms with Crippen LogP contribution in [-0.4, -0.2) is 9.38 Å². The quantitative estimate of drug-likeness (QED) is 0.599. The van der Waals surface area contributed by atoms with Gasteiger partial charge in [-0.25, -0.2) is 4.98 Å². The first-order chi connectivity index (χ1) is 10.4. The van der Waals surface area contributed by atoms with Crippen LogP contribution in [0.5, 0.6) is 0 Å². The molecule has 0 fully saturated rings. The third kappa shape index (κ3) is 1.67. The summed E-state index contributed by atoms with van der Waals surface area (Å²) >= 11 is 1.93. The SMILES string of the molecule is c1ccc2c(c1)CCCc1c-2nc2sc3c(n12)CCCC3. The number of hydrogen-bond acceptors (Lipinski definition) is 2. The zero-order chi connectivity index (χ0) is 13.8. The molecular weight excluding hydrogens is 276 g/mol. The zero-order valence-electron chi connectivity index (χ0n) is 12.1. The summed E-state index contributed by atoms with van der Waals surface area (Å²) in [7, 11) is 0. The molecular formula is C18H18N2S. The molecule has 0 aliphatic heterocycles. The molecule has 2 aromatic heterocycles. The lowest BCUT2D eigenvalue weighted by molar-refractivity contribution is 0.667. The molecule has 2 nitrogen and oxygen atoms in total. The average molecular weight is 294 g/mol. The third-order valence-corrected chi connectivity index (χ3v) is 6.09. The molecule has 0 radical (unpaired) electrons. The van der Waals surface area contributed by atoms with Crippen LogP contribution in [0.1, 0.15) is 41.1 Å². The standard InChI is InChI=1S/C18H18N2S/c1-2-8-13-12(6-1)7-5-10-15-17(13)19-18-20(15)14-9-3-4-11-16(14)21-18/h1-2,6,8H,3-5,7,9-11H2. The van der Waals surface area contributed by atoms with Crippen molar-refractivity contribution in [3.63, 3.8) is 0 Å². The summed E-state index contributed by atoms with van der Waals surface area (Å²) in [6.07, 6.45) is 8.76. The Morgan fingerprint density at radius 2 is 1.76 bits per heavy atom. The van der Waals surface area contributed by atoms with E-state index in [4.69, 9.17) is 4.98 Å². The van der Waals surface area contributed by atoms with Crippen molar-refractivity contribution in [1.29, 1.82) is 0 Å². The van der Waals surface area contributed by atoms with Gasteiger partial charge in [0.05, 0.1) is 11.4 Å². The molecule has 3 aromatic rings. The van der Waals surface area contributed by atoms with Crippen molar-refractivity contribution in [3.05, 3.63) is 46.1 Å². The van der Waals surface area contributed by atoms with Gasteiger partial charge in [-0.1, -0.05) is 24.3 Å². The van der Waals surface area contributed by atoms with E-state index in [-0.39, 0.29) is 0 Å². The molecule has 21 heavy (non-hydrogen) atoms. The van der Waals surface area contributed by atoms with Gasteiger partial charge in [-0.3, -0.25) is 4.40 Å². The van der Waals surface area contributed by atoms with Gasteiger partial charge in [0.1, 0.15) is 0 Å².